The van der Waals surface area contributed by atoms with E-state index in [0.29, 0.717) is 11.9 Å². The molecule has 0 saturated carbocycles. The zero-order valence-electron chi connectivity index (χ0n) is 20.3. The van der Waals surface area contributed by atoms with Gasteiger partial charge in [0.1, 0.15) is 0 Å². The predicted octanol–water partition coefficient (Wildman–Crippen LogP) is 7.76. The predicted molar refractivity (Wildman–Crippen MR) is 130 cm³/mol. The summed E-state index contributed by atoms with van der Waals surface area (Å²) in [6, 6.07) is 2.52. The van der Waals surface area contributed by atoms with Gasteiger partial charge in [-0.05, 0) is 52.1 Å². The van der Waals surface area contributed by atoms with Crippen LogP contribution < -0.4 is 8.85 Å². The van der Waals surface area contributed by atoms with Crippen LogP contribution in [0.25, 0.3) is 0 Å². The van der Waals surface area contributed by atoms with Gasteiger partial charge in [-0.1, -0.05) is 71.1 Å². The minimum atomic E-state index is -1.74. The second-order valence-electron chi connectivity index (χ2n) is 10.2. The first-order chi connectivity index (χ1) is 13.6. The summed E-state index contributed by atoms with van der Waals surface area (Å²) in [7, 11) is -3.44. The lowest BCUT2D eigenvalue weighted by atomic mass is 10.0. The lowest BCUT2D eigenvalue weighted by Gasteiger charge is -2.21. The molecule has 1 aromatic heterocycles. The van der Waals surface area contributed by atoms with Crippen molar-refractivity contribution < 1.29 is 8.85 Å². The van der Waals surface area contributed by atoms with Crippen LogP contribution in [0.5, 0.6) is 11.9 Å². The van der Waals surface area contributed by atoms with Crippen LogP contribution in [0.15, 0.2) is 6.07 Å². The van der Waals surface area contributed by atoms with Crippen LogP contribution in [0.3, 0.4) is 0 Å². The number of hydrogen-bond acceptors (Lipinski definition) is 4. The molecular formula is C23H46N2O2Si2. The van der Waals surface area contributed by atoms with Gasteiger partial charge in [-0.25, -0.2) is 4.98 Å². The Labute approximate surface area is 182 Å². The fraction of sp³-hybridized carbons (Fsp3) is 0.826. The third-order valence-corrected chi connectivity index (χ3v) is 6.20. The van der Waals surface area contributed by atoms with E-state index < -0.39 is 16.6 Å². The van der Waals surface area contributed by atoms with Gasteiger partial charge < -0.3 is 8.85 Å². The summed E-state index contributed by atoms with van der Waals surface area (Å²) in [5.74, 6) is 0.686. The highest BCUT2D eigenvalue weighted by atomic mass is 28.4. The van der Waals surface area contributed by atoms with E-state index in [1.165, 1.54) is 70.6 Å². The number of aryl methyl sites for hydroxylation is 1. The van der Waals surface area contributed by atoms with Crippen molar-refractivity contribution in [1.29, 1.82) is 0 Å². The van der Waals surface area contributed by atoms with Crippen LogP contribution >= 0.6 is 0 Å². The summed E-state index contributed by atoms with van der Waals surface area (Å²) in [5.41, 5.74) is 1.05. The highest BCUT2D eigenvalue weighted by Crippen LogP contribution is 2.21. The maximum Gasteiger partial charge on any atom is 0.306 e. The number of unbranched alkanes of at least 4 members (excludes halogenated alkanes) is 10. The average Bonchev–Trinajstić information content (AvgIpc) is 2.56. The third kappa shape index (κ3) is 14.7. The number of nitrogens with zero attached hydrogens (tertiary/aromatic N) is 2. The topological polar surface area (TPSA) is 44.2 Å². The SMILES string of the molecule is CCCCCCCCCCCCCc1cc(O[Si](C)(C)C)nc(O[Si](C)(C)C)n1. The number of rotatable bonds is 16. The van der Waals surface area contributed by atoms with Gasteiger partial charge in [0.15, 0.2) is 0 Å². The molecule has 0 bridgehead atoms. The fourth-order valence-electron chi connectivity index (χ4n) is 3.23. The summed E-state index contributed by atoms with van der Waals surface area (Å²) in [4.78, 5) is 9.19. The Bertz CT molecular complexity index is 535. The van der Waals surface area contributed by atoms with Crippen LogP contribution in [0.4, 0.5) is 0 Å². The lowest BCUT2D eigenvalue weighted by Crippen LogP contribution is -2.32. The molecule has 0 unspecified atom stereocenters. The normalized spacial score (nSPS) is 12.2. The molecule has 0 saturated heterocycles. The molecular weight excluding hydrogens is 392 g/mol. The van der Waals surface area contributed by atoms with Gasteiger partial charge in [-0.3, -0.25) is 0 Å². The Hall–Kier alpha value is -0.886. The third-order valence-electron chi connectivity index (χ3n) is 4.58. The van der Waals surface area contributed by atoms with Gasteiger partial charge in [0.25, 0.3) is 0 Å². The Morgan fingerprint density at radius 2 is 1.14 bits per heavy atom. The molecule has 0 aliphatic carbocycles. The van der Waals surface area contributed by atoms with E-state index in [9.17, 15) is 0 Å². The van der Waals surface area contributed by atoms with Gasteiger partial charge in [0, 0.05) is 6.07 Å². The Morgan fingerprint density at radius 1 is 0.655 bits per heavy atom. The van der Waals surface area contributed by atoms with Crippen LogP contribution in [0, 0.1) is 0 Å². The summed E-state index contributed by atoms with van der Waals surface area (Å²) in [6.07, 6.45) is 15.9. The molecule has 0 aliphatic heterocycles. The highest BCUT2D eigenvalue weighted by molar-refractivity contribution is 6.70. The van der Waals surface area contributed by atoms with E-state index in [1.807, 2.05) is 6.07 Å². The summed E-state index contributed by atoms with van der Waals surface area (Å²) in [6.45, 7) is 15.3. The van der Waals surface area contributed by atoms with E-state index in [0.717, 1.165) is 12.1 Å². The van der Waals surface area contributed by atoms with Crippen molar-refractivity contribution in [2.24, 2.45) is 0 Å². The Kier molecular flexibility index (Phi) is 12.1. The fourth-order valence-corrected chi connectivity index (χ4v) is 4.60. The van der Waals surface area contributed by atoms with E-state index in [4.69, 9.17) is 8.85 Å². The van der Waals surface area contributed by atoms with Crippen molar-refractivity contribution in [3.05, 3.63) is 11.8 Å². The quantitative estimate of drug-likeness (QED) is 0.195. The molecule has 0 amide bonds. The first-order valence-electron chi connectivity index (χ1n) is 11.8. The molecule has 0 fully saturated rings. The average molecular weight is 439 g/mol. The van der Waals surface area contributed by atoms with Crippen molar-refractivity contribution in [3.8, 4) is 11.9 Å². The number of hydrogen-bond donors (Lipinski definition) is 0. The molecule has 0 atom stereocenters. The molecule has 4 nitrogen and oxygen atoms in total. The van der Waals surface area contributed by atoms with Crippen molar-refractivity contribution in [2.45, 2.75) is 123 Å². The van der Waals surface area contributed by atoms with Gasteiger partial charge in [0.05, 0.1) is 5.69 Å². The first kappa shape index (κ1) is 26.1. The first-order valence-corrected chi connectivity index (χ1v) is 18.7. The second-order valence-corrected chi connectivity index (χ2v) is 19.1. The highest BCUT2D eigenvalue weighted by Gasteiger charge is 2.22. The van der Waals surface area contributed by atoms with Crippen LogP contribution in [-0.4, -0.2) is 26.6 Å². The monoisotopic (exact) mass is 438 g/mol. The molecule has 0 aliphatic rings. The standard InChI is InChI=1S/C23H46N2O2Si2/c1-8-9-10-11-12-13-14-15-16-17-18-19-21-20-22(26-28(2,3)4)25-23(24-21)27-29(5,6)7/h20H,8-19H2,1-7H3. The largest absolute Gasteiger partial charge is 0.531 e. The second kappa shape index (κ2) is 13.4. The van der Waals surface area contributed by atoms with Crippen molar-refractivity contribution in [2.75, 3.05) is 0 Å². The van der Waals surface area contributed by atoms with Crippen LogP contribution in [0.1, 0.15) is 83.2 Å². The molecule has 1 rings (SSSR count). The van der Waals surface area contributed by atoms with E-state index in [1.54, 1.807) is 0 Å². The van der Waals surface area contributed by atoms with Crippen LogP contribution in [-0.2, 0) is 6.42 Å². The number of aromatic nitrogens is 2. The molecule has 0 aromatic carbocycles. The summed E-state index contributed by atoms with van der Waals surface area (Å²) < 4.78 is 12.2. The van der Waals surface area contributed by atoms with Gasteiger partial charge in [-0.2, -0.15) is 4.98 Å². The zero-order valence-corrected chi connectivity index (χ0v) is 22.3. The molecule has 0 N–H and O–H groups in total. The van der Waals surface area contributed by atoms with Gasteiger partial charge in [0.2, 0.25) is 22.5 Å². The van der Waals surface area contributed by atoms with Gasteiger partial charge >= 0.3 is 6.01 Å². The van der Waals surface area contributed by atoms with Crippen molar-refractivity contribution in [1.82, 2.24) is 9.97 Å². The minimum absolute atomic E-state index is 0.498. The van der Waals surface area contributed by atoms with Crippen LogP contribution in [0.2, 0.25) is 39.3 Å². The molecule has 29 heavy (non-hydrogen) atoms. The zero-order chi connectivity index (χ0) is 21.8. The Balaban J connectivity index is 2.40. The Morgan fingerprint density at radius 3 is 1.62 bits per heavy atom. The summed E-state index contributed by atoms with van der Waals surface area (Å²) >= 11 is 0. The molecule has 168 valence electrons. The lowest BCUT2D eigenvalue weighted by molar-refractivity contribution is 0.470. The molecule has 0 radical (unpaired) electrons. The van der Waals surface area contributed by atoms with Gasteiger partial charge in [-0.15, -0.1) is 0 Å². The van der Waals surface area contributed by atoms with E-state index >= 15 is 0 Å². The molecule has 6 heteroatoms. The van der Waals surface area contributed by atoms with Crippen molar-refractivity contribution >= 4 is 16.6 Å². The smallest absolute Gasteiger partial charge is 0.306 e. The maximum atomic E-state index is 6.13. The van der Waals surface area contributed by atoms with Crippen molar-refractivity contribution in [3.63, 3.8) is 0 Å². The molecule has 1 heterocycles. The maximum absolute atomic E-state index is 6.13. The van der Waals surface area contributed by atoms with E-state index in [2.05, 4.69) is 56.2 Å². The minimum Gasteiger partial charge on any atom is -0.531 e. The van der Waals surface area contributed by atoms with E-state index in [-0.39, 0.29) is 0 Å². The molecule has 1 aromatic rings. The summed E-state index contributed by atoms with van der Waals surface area (Å²) in [5, 5.41) is 0. The molecule has 0 spiro atoms.